The molecule has 1 N–H and O–H groups in total. The van der Waals surface area contributed by atoms with Gasteiger partial charge in [0.15, 0.2) is 0 Å². The molecule has 0 unspecified atom stereocenters. The Kier molecular flexibility index (Phi) is 3.58. The maximum Gasteiger partial charge on any atom is 0.219 e. The van der Waals surface area contributed by atoms with Crippen molar-refractivity contribution < 1.29 is 16.0 Å². The number of aliphatic imine (C=N–C) groups is 1. The minimum absolute atomic E-state index is 0.108. The molecule has 4 aromatic rings. The fourth-order valence-electron chi connectivity index (χ4n) is 4.35. The topological polar surface area (TPSA) is 63.9 Å². The summed E-state index contributed by atoms with van der Waals surface area (Å²) in [5, 5.41) is 10.9. The summed E-state index contributed by atoms with van der Waals surface area (Å²) in [6, 6.07) is 24.3. The van der Waals surface area contributed by atoms with Gasteiger partial charge in [-0.15, -0.1) is 0 Å². The van der Waals surface area contributed by atoms with Crippen molar-refractivity contribution in [3.63, 3.8) is 0 Å². The quantitative estimate of drug-likeness (QED) is 0.495. The van der Waals surface area contributed by atoms with Crippen LogP contribution in [0, 0.1) is 0 Å². The zero-order valence-electron chi connectivity index (χ0n) is 17.9. The number of hydrogen-bond acceptors (Lipinski definition) is 5. The van der Waals surface area contributed by atoms with Crippen molar-refractivity contribution in [1.82, 2.24) is 4.98 Å². The second-order valence-electron chi connectivity index (χ2n) is 7.98. The summed E-state index contributed by atoms with van der Waals surface area (Å²) >= 11 is 0. The van der Waals surface area contributed by atoms with Crippen LogP contribution in [0.1, 0.15) is 25.0 Å². The summed E-state index contributed by atoms with van der Waals surface area (Å²) in [6.45, 7) is 1.96. The van der Waals surface area contributed by atoms with Gasteiger partial charge in [0, 0.05) is 23.4 Å². The summed E-state index contributed by atoms with van der Waals surface area (Å²) < 4.78 is 21.1. The summed E-state index contributed by atoms with van der Waals surface area (Å²) in [6.07, 6.45) is -0.673. The lowest BCUT2D eigenvalue weighted by Gasteiger charge is -2.20. The molecule has 1 aliphatic carbocycles. The average molecular weight is 409 g/mol. The number of phenolic OH excluding ortho intramolecular Hbond substituents is 1. The number of pyridine rings is 1. The van der Waals surface area contributed by atoms with E-state index in [2.05, 4.69) is 4.98 Å². The molecule has 0 bridgehead atoms. The molecule has 5 nitrogen and oxygen atoms in total. The van der Waals surface area contributed by atoms with Gasteiger partial charge in [0.25, 0.3) is 0 Å². The van der Waals surface area contributed by atoms with Crippen LogP contribution >= 0.6 is 0 Å². The number of rotatable bonds is 3. The average Bonchev–Trinajstić information content (AvgIpc) is 3.17. The normalized spacial score (nSPS) is 24.2. The van der Waals surface area contributed by atoms with E-state index in [1.54, 1.807) is 18.2 Å². The molecule has 1 aliphatic heterocycles. The van der Waals surface area contributed by atoms with Crippen LogP contribution in [0.25, 0.3) is 10.9 Å². The Morgan fingerprint density at radius 3 is 2.87 bits per heavy atom. The van der Waals surface area contributed by atoms with Crippen molar-refractivity contribution in [2.45, 2.75) is 25.0 Å². The molecule has 3 aromatic carbocycles. The Morgan fingerprint density at radius 2 is 1.94 bits per heavy atom. The molecule has 0 fully saturated rings. The van der Waals surface area contributed by atoms with E-state index in [9.17, 15) is 5.11 Å². The van der Waals surface area contributed by atoms with E-state index in [0.29, 0.717) is 29.5 Å². The largest absolute Gasteiger partial charge is 0.506 e. The maximum atomic E-state index is 10.1. The van der Waals surface area contributed by atoms with Crippen LogP contribution in [0.15, 0.2) is 83.9 Å². The molecule has 6 rings (SSSR count). The fraction of sp³-hybridized carbons (Fsp3) is 0.154. The van der Waals surface area contributed by atoms with Crippen molar-refractivity contribution in [1.29, 1.82) is 0 Å². The number of aromatic nitrogens is 1. The smallest absolute Gasteiger partial charge is 0.219 e. The van der Waals surface area contributed by atoms with Crippen molar-refractivity contribution in [2.24, 2.45) is 4.99 Å². The lowest BCUT2D eigenvalue weighted by atomic mass is 9.94. The summed E-state index contributed by atoms with van der Waals surface area (Å²) in [5.74, 6) is 1.49. The Hall–Kier alpha value is -3.86. The van der Waals surface area contributed by atoms with E-state index in [-0.39, 0.29) is 5.75 Å². The molecule has 0 saturated heterocycles. The molecular weight excluding hydrogens is 388 g/mol. The fourth-order valence-corrected chi connectivity index (χ4v) is 4.35. The molecular formula is C26H20N2O3. The van der Waals surface area contributed by atoms with Gasteiger partial charge in [-0.1, -0.05) is 42.5 Å². The van der Waals surface area contributed by atoms with Gasteiger partial charge < -0.3 is 14.6 Å². The highest BCUT2D eigenvalue weighted by Gasteiger charge is 2.49. The zero-order chi connectivity index (χ0) is 21.9. The Labute approximate surface area is 181 Å². The Balaban J connectivity index is 1.33. The number of para-hydroxylation sites is 1. The van der Waals surface area contributed by atoms with Crippen molar-refractivity contribution >= 4 is 16.8 Å². The van der Waals surface area contributed by atoms with Gasteiger partial charge in [-0.2, -0.15) is 0 Å². The van der Waals surface area contributed by atoms with Gasteiger partial charge in [-0.05, 0) is 48.4 Å². The number of benzene rings is 3. The van der Waals surface area contributed by atoms with Gasteiger partial charge in [0.2, 0.25) is 11.8 Å². The lowest BCUT2D eigenvalue weighted by molar-refractivity contribution is 0.162. The molecule has 0 radical (unpaired) electrons. The first-order chi connectivity index (χ1) is 15.5. The predicted molar refractivity (Wildman–Crippen MR) is 119 cm³/mol. The van der Waals surface area contributed by atoms with Crippen molar-refractivity contribution in [2.75, 3.05) is 0 Å². The minimum Gasteiger partial charge on any atom is -0.506 e. The third-order valence-electron chi connectivity index (χ3n) is 5.96. The van der Waals surface area contributed by atoms with Crippen molar-refractivity contribution in [3.05, 3.63) is 95.6 Å². The van der Waals surface area contributed by atoms with Crippen LogP contribution in [0.2, 0.25) is 0 Å². The van der Waals surface area contributed by atoms with E-state index in [4.69, 9.17) is 15.8 Å². The molecule has 0 amide bonds. The second-order valence-corrected chi connectivity index (χ2v) is 7.98. The van der Waals surface area contributed by atoms with Crippen molar-refractivity contribution in [3.8, 4) is 17.4 Å². The number of ether oxygens (including phenoxy) is 2. The monoisotopic (exact) mass is 409 g/mol. The highest BCUT2D eigenvalue weighted by molar-refractivity contribution is 5.96. The highest BCUT2D eigenvalue weighted by atomic mass is 16.5. The molecule has 2 atom stereocenters. The summed E-state index contributed by atoms with van der Waals surface area (Å²) in [5.41, 5.74) is 2.62. The van der Waals surface area contributed by atoms with E-state index >= 15 is 0 Å². The SMILES string of the molecule is [2H][C@@]12Cc3ccccc3[C@]1(C)N=C(c1cccc(Oc3ccc4cccc(O)c4n3)c1)O2. The van der Waals surface area contributed by atoms with Crippen LogP contribution in [0.5, 0.6) is 17.4 Å². The Bertz CT molecular complexity index is 1420. The zero-order valence-corrected chi connectivity index (χ0v) is 16.9. The van der Waals surface area contributed by atoms with Crippen LogP contribution < -0.4 is 4.74 Å². The van der Waals surface area contributed by atoms with E-state index in [1.165, 1.54) is 0 Å². The third-order valence-corrected chi connectivity index (χ3v) is 5.96. The predicted octanol–water partition coefficient (Wildman–Crippen LogP) is 5.35. The lowest BCUT2D eigenvalue weighted by Crippen LogP contribution is -2.27. The van der Waals surface area contributed by atoms with Crippen LogP contribution in [-0.4, -0.2) is 22.1 Å². The first-order valence-electron chi connectivity index (χ1n) is 10.7. The van der Waals surface area contributed by atoms with Gasteiger partial charge in [-0.25, -0.2) is 9.98 Å². The van der Waals surface area contributed by atoms with Crippen LogP contribution in [0.3, 0.4) is 0 Å². The third kappa shape index (κ3) is 2.85. The number of fused-ring (bicyclic) bond motifs is 4. The van der Waals surface area contributed by atoms with E-state index < -0.39 is 11.6 Å². The molecule has 31 heavy (non-hydrogen) atoms. The van der Waals surface area contributed by atoms with Gasteiger partial charge in [0.05, 0.1) is 1.37 Å². The number of aromatic hydroxyl groups is 1. The second kappa shape index (κ2) is 6.57. The number of nitrogens with zero attached hydrogens (tertiary/aromatic N) is 2. The number of hydrogen-bond donors (Lipinski definition) is 1. The van der Waals surface area contributed by atoms with Crippen LogP contribution in [-0.2, 0) is 16.7 Å². The molecule has 1 aromatic heterocycles. The summed E-state index contributed by atoms with van der Waals surface area (Å²) in [4.78, 5) is 9.30. The molecule has 152 valence electrons. The van der Waals surface area contributed by atoms with Gasteiger partial charge in [-0.3, -0.25) is 0 Å². The Morgan fingerprint density at radius 1 is 1.06 bits per heavy atom. The first-order valence-corrected chi connectivity index (χ1v) is 10.2. The standard InChI is InChI=1S/C26H20N2O3/c1-26-20-10-3-2-6-17(20)15-22(26)31-25(28-26)18-8-4-9-19(14-18)30-23-13-12-16-7-5-11-21(29)24(16)27-23/h2-14,22,29H,15H2,1H3/t22-,26+/m1/s1/i22D. The van der Waals surface area contributed by atoms with E-state index in [1.807, 2.05) is 67.6 Å². The summed E-state index contributed by atoms with van der Waals surface area (Å²) in [7, 11) is 0. The van der Waals surface area contributed by atoms with Gasteiger partial charge in [0.1, 0.15) is 28.6 Å². The molecule has 0 spiro atoms. The molecule has 2 aliphatic rings. The first kappa shape index (κ1) is 16.9. The molecule has 0 saturated carbocycles. The minimum atomic E-state index is -1.17. The van der Waals surface area contributed by atoms with Gasteiger partial charge >= 0.3 is 0 Å². The molecule has 2 heterocycles. The maximum absolute atomic E-state index is 10.1. The highest BCUT2D eigenvalue weighted by Crippen LogP contribution is 2.46. The number of phenols is 1. The van der Waals surface area contributed by atoms with Crippen LogP contribution in [0.4, 0.5) is 0 Å². The van der Waals surface area contributed by atoms with E-state index in [0.717, 1.165) is 22.1 Å². The molecule has 5 heteroatoms.